The second-order valence-electron chi connectivity index (χ2n) is 16.4. The van der Waals surface area contributed by atoms with E-state index in [4.69, 9.17) is 14.2 Å². The minimum absolute atomic E-state index is 0.112. The highest BCUT2D eigenvalue weighted by molar-refractivity contribution is 5.71. The van der Waals surface area contributed by atoms with Gasteiger partial charge < -0.3 is 14.2 Å². The van der Waals surface area contributed by atoms with Gasteiger partial charge in [0.05, 0.1) is 0 Å². The molecule has 0 rings (SSSR count). The molecule has 6 heteroatoms. The molecule has 348 valence electrons. The van der Waals surface area contributed by atoms with Gasteiger partial charge in [-0.2, -0.15) is 0 Å². The molecule has 0 aromatic carbocycles. The largest absolute Gasteiger partial charge is 0.462 e. The number of unbranched alkanes of at least 4 members (excludes halogenated alkanes) is 22. The van der Waals surface area contributed by atoms with Gasteiger partial charge in [0.2, 0.25) is 0 Å². The van der Waals surface area contributed by atoms with E-state index >= 15 is 0 Å². The second kappa shape index (κ2) is 49.2. The van der Waals surface area contributed by atoms with Gasteiger partial charge in [-0.05, 0) is 83.5 Å². The lowest BCUT2D eigenvalue weighted by atomic mass is 10.1. The predicted molar refractivity (Wildman–Crippen MR) is 261 cm³/mol. The molecule has 0 aliphatic rings. The number of rotatable bonds is 44. The van der Waals surface area contributed by atoms with Crippen LogP contribution in [0, 0.1) is 0 Å². The van der Waals surface area contributed by atoms with Crippen molar-refractivity contribution in [2.75, 3.05) is 13.2 Å². The normalized spacial score (nSPS) is 12.8. The fourth-order valence-corrected chi connectivity index (χ4v) is 6.68. The molecule has 6 nitrogen and oxygen atoms in total. The highest BCUT2D eigenvalue weighted by atomic mass is 16.6. The van der Waals surface area contributed by atoms with Crippen LogP contribution >= 0.6 is 0 Å². The van der Waals surface area contributed by atoms with E-state index in [-0.39, 0.29) is 44.0 Å². The molecule has 0 fully saturated rings. The van der Waals surface area contributed by atoms with Crippen LogP contribution in [0.1, 0.15) is 226 Å². The Kier molecular flexibility index (Phi) is 46.5. The Balaban J connectivity index is 4.49. The second-order valence-corrected chi connectivity index (χ2v) is 16.4. The van der Waals surface area contributed by atoms with E-state index in [0.29, 0.717) is 19.3 Å². The summed E-state index contributed by atoms with van der Waals surface area (Å²) >= 11 is 0. The Hall–Kier alpha value is -3.41. The van der Waals surface area contributed by atoms with Crippen LogP contribution in [-0.2, 0) is 28.6 Å². The van der Waals surface area contributed by atoms with E-state index in [0.717, 1.165) is 57.8 Å². The van der Waals surface area contributed by atoms with Gasteiger partial charge in [-0.3, -0.25) is 14.4 Å². The molecule has 0 aromatic rings. The average Bonchev–Trinajstić information content (AvgIpc) is 3.26. The molecular weight excluding hydrogens is 757 g/mol. The zero-order valence-electron chi connectivity index (χ0n) is 39.7. The average molecular weight is 849 g/mol. The lowest BCUT2D eigenvalue weighted by Crippen LogP contribution is -2.30. The van der Waals surface area contributed by atoms with Crippen LogP contribution in [0.2, 0.25) is 0 Å². The number of hydrogen-bond acceptors (Lipinski definition) is 6. The minimum atomic E-state index is -0.820. The van der Waals surface area contributed by atoms with Gasteiger partial charge in [0.15, 0.2) is 6.10 Å². The third kappa shape index (κ3) is 47.5. The summed E-state index contributed by atoms with van der Waals surface area (Å²) in [6.07, 6.45) is 63.0. The van der Waals surface area contributed by atoms with E-state index in [9.17, 15) is 14.4 Å². The Morgan fingerprint density at radius 3 is 1.26 bits per heavy atom. The van der Waals surface area contributed by atoms with Crippen molar-refractivity contribution >= 4 is 17.9 Å². The number of carbonyl (C=O) groups excluding carboxylic acids is 3. The summed E-state index contributed by atoms with van der Waals surface area (Å²) in [5.41, 5.74) is 0. The molecule has 0 saturated carbocycles. The summed E-state index contributed by atoms with van der Waals surface area (Å²) < 4.78 is 16.7. The van der Waals surface area contributed by atoms with Crippen molar-refractivity contribution in [2.24, 2.45) is 0 Å². The lowest BCUT2D eigenvalue weighted by molar-refractivity contribution is -0.166. The van der Waals surface area contributed by atoms with Gasteiger partial charge in [0, 0.05) is 19.3 Å². The van der Waals surface area contributed by atoms with E-state index in [1.165, 1.54) is 116 Å². The Bertz CT molecular complexity index is 1200. The summed E-state index contributed by atoms with van der Waals surface area (Å²) in [5.74, 6) is -1.03. The zero-order chi connectivity index (χ0) is 44.4. The van der Waals surface area contributed by atoms with Crippen LogP contribution in [0.25, 0.3) is 0 Å². The summed E-state index contributed by atoms with van der Waals surface area (Å²) in [4.78, 5) is 37.9. The highest BCUT2D eigenvalue weighted by Crippen LogP contribution is 2.13. The molecule has 0 bridgehead atoms. The topological polar surface area (TPSA) is 78.9 Å². The van der Waals surface area contributed by atoms with Crippen LogP contribution in [0.15, 0.2) is 85.1 Å². The van der Waals surface area contributed by atoms with Crippen LogP contribution in [0.5, 0.6) is 0 Å². The van der Waals surface area contributed by atoms with Gasteiger partial charge in [0.25, 0.3) is 0 Å². The molecule has 1 unspecified atom stereocenters. The molecule has 0 saturated heterocycles. The summed E-state index contributed by atoms with van der Waals surface area (Å²) in [7, 11) is 0. The Morgan fingerprint density at radius 1 is 0.361 bits per heavy atom. The molecule has 0 amide bonds. The summed E-state index contributed by atoms with van der Waals surface area (Å²) in [6.45, 7) is 6.38. The van der Waals surface area contributed by atoms with E-state index < -0.39 is 6.10 Å². The van der Waals surface area contributed by atoms with Crippen molar-refractivity contribution in [2.45, 2.75) is 232 Å². The monoisotopic (exact) mass is 849 g/mol. The quantitative estimate of drug-likeness (QED) is 0.0200. The highest BCUT2D eigenvalue weighted by Gasteiger charge is 2.19. The summed E-state index contributed by atoms with van der Waals surface area (Å²) in [5, 5.41) is 0. The molecular formula is C55H92O6. The van der Waals surface area contributed by atoms with Crippen LogP contribution < -0.4 is 0 Å². The van der Waals surface area contributed by atoms with Crippen molar-refractivity contribution in [3.05, 3.63) is 85.1 Å². The van der Waals surface area contributed by atoms with Gasteiger partial charge in [-0.1, -0.05) is 209 Å². The van der Waals surface area contributed by atoms with Gasteiger partial charge in [0.1, 0.15) is 13.2 Å². The third-order valence-electron chi connectivity index (χ3n) is 10.5. The van der Waals surface area contributed by atoms with E-state index in [2.05, 4.69) is 63.3 Å². The van der Waals surface area contributed by atoms with Gasteiger partial charge >= 0.3 is 17.9 Å². The van der Waals surface area contributed by atoms with Crippen LogP contribution in [0.4, 0.5) is 0 Å². The first-order valence-corrected chi connectivity index (χ1v) is 25.1. The predicted octanol–water partition coefficient (Wildman–Crippen LogP) is 16.4. The third-order valence-corrected chi connectivity index (χ3v) is 10.5. The molecule has 0 aliphatic heterocycles. The number of hydrogen-bond donors (Lipinski definition) is 0. The fraction of sp³-hybridized carbons (Fsp3) is 0.691. The molecule has 0 N–H and O–H groups in total. The fourth-order valence-electron chi connectivity index (χ4n) is 6.68. The van der Waals surface area contributed by atoms with Crippen LogP contribution in [-0.4, -0.2) is 37.2 Å². The van der Waals surface area contributed by atoms with E-state index in [1.807, 2.05) is 42.5 Å². The van der Waals surface area contributed by atoms with Crippen molar-refractivity contribution in [3.63, 3.8) is 0 Å². The maximum Gasteiger partial charge on any atom is 0.306 e. The van der Waals surface area contributed by atoms with E-state index in [1.54, 1.807) is 0 Å². The van der Waals surface area contributed by atoms with Crippen molar-refractivity contribution in [1.82, 2.24) is 0 Å². The maximum atomic E-state index is 12.7. The molecule has 0 aliphatic carbocycles. The first-order valence-electron chi connectivity index (χ1n) is 25.1. The standard InChI is InChI=1S/C55H92O6/c1-4-7-10-13-16-19-22-25-26-27-28-31-33-36-39-42-45-48-54(57)60-51-52(61-55(58)49-46-43-40-37-34-30-24-21-18-15-12-9-6-3)50-59-53(56)47-44-41-38-35-32-29-23-20-17-14-11-8-5-2/h9,12,15,18,21,24-26,29-30,32,34,38,41,52H,4-8,10-11,13-14,16-17,19-20,22-23,27-28,31,33,35-37,39-40,42-51H2,1-3H3/b12-9+,18-15+,24-21+,26-25+,32-29+,34-30+,41-38+. The molecule has 61 heavy (non-hydrogen) atoms. The molecule has 0 heterocycles. The maximum absolute atomic E-state index is 12.7. The van der Waals surface area contributed by atoms with Crippen molar-refractivity contribution in [3.8, 4) is 0 Å². The first kappa shape index (κ1) is 57.6. The number of ether oxygens (including phenoxy) is 3. The van der Waals surface area contributed by atoms with Gasteiger partial charge in [-0.25, -0.2) is 0 Å². The Morgan fingerprint density at radius 2 is 0.738 bits per heavy atom. The first-order chi connectivity index (χ1) is 30.0. The smallest absolute Gasteiger partial charge is 0.306 e. The van der Waals surface area contributed by atoms with Crippen molar-refractivity contribution in [1.29, 1.82) is 0 Å². The Labute approximate surface area is 375 Å². The van der Waals surface area contributed by atoms with Crippen LogP contribution in [0.3, 0.4) is 0 Å². The SMILES string of the molecule is CC/C=C/C=C/C=C/C=C/CCCCCC(=O)OC(COC(=O)CC/C=C/C/C=C/CCCCCCCC)COC(=O)CCCCCCCCC/C=C/CCCCCCCC. The van der Waals surface area contributed by atoms with Crippen molar-refractivity contribution < 1.29 is 28.6 Å². The number of carbonyl (C=O) groups is 3. The lowest BCUT2D eigenvalue weighted by Gasteiger charge is -2.18. The molecule has 0 spiro atoms. The molecule has 0 aromatic heterocycles. The zero-order valence-corrected chi connectivity index (χ0v) is 39.7. The number of esters is 3. The summed E-state index contributed by atoms with van der Waals surface area (Å²) in [6, 6.07) is 0. The number of allylic oxidation sites excluding steroid dienone is 14. The molecule has 1 atom stereocenters. The molecule has 0 radical (unpaired) electrons. The minimum Gasteiger partial charge on any atom is -0.462 e. The van der Waals surface area contributed by atoms with Gasteiger partial charge in [-0.15, -0.1) is 0 Å².